The molecule has 0 radical (unpaired) electrons. The number of nitrogens with zero attached hydrogens (tertiary/aromatic N) is 5. The Morgan fingerprint density at radius 1 is 1.33 bits per heavy atom. The van der Waals surface area contributed by atoms with Crippen LogP contribution in [0.5, 0.6) is 0 Å². The van der Waals surface area contributed by atoms with Gasteiger partial charge in [-0.3, -0.25) is 14.5 Å². The Hall–Kier alpha value is -3.76. The maximum absolute atomic E-state index is 12.3. The highest BCUT2D eigenvalue weighted by atomic mass is 16.5. The van der Waals surface area contributed by atoms with E-state index in [0.717, 1.165) is 6.54 Å². The number of carbonyl (C=O) groups is 2. The number of piperazine rings is 1. The molecule has 0 saturated carbocycles. The summed E-state index contributed by atoms with van der Waals surface area (Å²) in [7, 11) is 5.12. The molecule has 3 heterocycles. The second kappa shape index (κ2) is 13.3. The summed E-state index contributed by atoms with van der Waals surface area (Å²) in [5.74, 6) is 6.42. The molecule has 1 saturated heterocycles. The molecule has 1 amide bonds. The third-order valence-electron chi connectivity index (χ3n) is 6.01. The molecule has 39 heavy (non-hydrogen) atoms. The number of methoxy groups -OCH3 is 1. The number of amides is 1. The van der Waals surface area contributed by atoms with Crippen LogP contribution >= 0.6 is 0 Å². The fourth-order valence-electron chi connectivity index (χ4n) is 3.77. The largest absolute Gasteiger partial charge is 0.383 e. The van der Waals surface area contributed by atoms with Gasteiger partial charge in [0.15, 0.2) is 6.29 Å². The molecule has 0 bridgehead atoms. The Kier molecular flexibility index (Phi) is 10.2. The first kappa shape index (κ1) is 29.8. The Labute approximate surface area is 229 Å². The molecule has 1 aliphatic heterocycles. The van der Waals surface area contributed by atoms with E-state index >= 15 is 0 Å². The molecular weight excluding hydrogens is 502 g/mol. The fraction of sp³-hybridized carbons (Fsp3) is 0.481. The molecule has 0 aliphatic carbocycles. The minimum Gasteiger partial charge on any atom is -0.383 e. The second-order valence-electron chi connectivity index (χ2n) is 9.86. The van der Waals surface area contributed by atoms with Gasteiger partial charge in [-0.15, -0.1) is 0 Å². The first-order valence-corrected chi connectivity index (χ1v) is 12.6. The molecule has 1 atom stereocenters. The lowest BCUT2D eigenvalue weighted by atomic mass is 10.1. The van der Waals surface area contributed by atoms with Crippen molar-refractivity contribution < 1.29 is 24.5 Å². The maximum atomic E-state index is 12.3. The summed E-state index contributed by atoms with van der Waals surface area (Å²) in [6.07, 6.45) is 0.967. The van der Waals surface area contributed by atoms with Crippen molar-refractivity contribution in [1.82, 2.24) is 19.8 Å². The minimum absolute atomic E-state index is 0.00191. The third-order valence-corrected chi connectivity index (χ3v) is 6.01. The van der Waals surface area contributed by atoms with Crippen LogP contribution < -0.4 is 15.5 Å². The zero-order valence-corrected chi connectivity index (χ0v) is 23.1. The van der Waals surface area contributed by atoms with E-state index in [1.807, 2.05) is 11.9 Å². The van der Waals surface area contributed by atoms with Crippen LogP contribution in [0.1, 0.15) is 35.5 Å². The van der Waals surface area contributed by atoms with Crippen LogP contribution in [-0.2, 0) is 16.1 Å². The van der Waals surface area contributed by atoms with Crippen molar-refractivity contribution in [2.24, 2.45) is 0 Å². The molecule has 0 spiro atoms. The summed E-state index contributed by atoms with van der Waals surface area (Å²) < 4.78 is 5.10. The predicted molar refractivity (Wildman–Crippen MR) is 148 cm³/mol. The van der Waals surface area contributed by atoms with Crippen LogP contribution in [-0.4, -0.2) is 108 Å². The SMILES string of the molecule is COCCNc1cc(NC(O)N(C)c2ccc(CN3CCN(C)CC3=O)c(C=O)n2)ncc1C#CC(C)(C)O. The highest BCUT2D eigenvalue weighted by Crippen LogP contribution is 2.21. The van der Waals surface area contributed by atoms with Gasteiger partial charge in [-0.25, -0.2) is 9.97 Å². The van der Waals surface area contributed by atoms with Gasteiger partial charge in [-0.05, 0) is 27.0 Å². The Bertz CT molecular complexity index is 1220. The molecule has 0 aromatic carbocycles. The summed E-state index contributed by atoms with van der Waals surface area (Å²) in [5.41, 5.74) is 0.908. The summed E-state index contributed by atoms with van der Waals surface area (Å²) in [5, 5.41) is 26.9. The van der Waals surface area contributed by atoms with E-state index in [9.17, 15) is 19.8 Å². The van der Waals surface area contributed by atoms with Crippen molar-refractivity contribution in [3.63, 3.8) is 0 Å². The Morgan fingerprint density at radius 3 is 2.77 bits per heavy atom. The standard InChI is InChI=1S/C27H37N7O5/c1-27(2,38)9-8-19-15-29-23(14-21(19)28-10-13-39-5)31-26(37)33(4)24-7-6-20(22(18-35)30-24)16-34-12-11-32(3)17-25(34)36/h6-7,14-15,18,26,37-38H,10-13,16-17H2,1-5H3,(H2,28,29,31). The monoisotopic (exact) mass is 539 g/mol. The topological polar surface area (TPSA) is 143 Å². The molecule has 4 N–H and O–H groups in total. The molecule has 2 aromatic rings. The van der Waals surface area contributed by atoms with Gasteiger partial charge >= 0.3 is 0 Å². The number of likely N-dealkylation sites (N-methyl/N-ethyl adjacent to an activating group) is 1. The van der Waals surface area contributed by atoms with Gasteiger partial charge in [0, 0.05) is 58.2 Å². The fourth-order valence-corrected chi connectivity index (χ4v) is 3.77. The molecule has 3 rings (SSSR count). The number of aldehydes is 1. The lowest BCUT2D eigenvalue weighted by Crippen LogP contribution is -2.48. The van der Waals surface area contributed by atoms with E-state index in [1.54, 1.807) is 57.3 Å². The number of hydrogen-bond acceptors (Lipinski definition) is 11. The first-order valence-electron chi connectivity index (χ1n) is 12.6. The zero-order valence-electron chi connectivity index (χ0n) is 23.1. The van der Waals surface area contributed by atoms with Crippen molar-refractivity contribution in [1.29, 1.82) is 0 Å². The Balaban J connectivity index is 1.74. The van der Waals surface area contributed by atoms with Crippen LogP contribution in [0.15, 0.2) is 24.4 Å². The van der Waals surface area contributed by atoms with Gasteiger partial charge in [0.1, 0.15) is 22.9 Å². The van der Waals surface area contributed by atoms with E-state index in [4.69, 9.17) is 4.74 Å². The average Bonchev–Trinajstić information content (AvgIpc) is 2.89. The summed E-state index contributed by atoms with van der Waals surface area (Å²) in [6.45, 7) is 6.15. The lowest BCUT2D eigenvalue weighted by Gasteiger charge is -2.32. The van der Waals surface area contributed by atoms with Crippen molar-refractivity contribution in [2.75, 3.05) is 69.5 Å². The van der Waals surface area contributed by atoms with E-state index in [2.05, 4.69) is 32.4 Å². The molecule has 12 heteroatoms. The smallest absolute Gasteiger partial charge is 0.237 e. The van der Waals surface area contributed by atoms with Gasteiger partial charge in [-0.2, -0.15) is 0 Å². The number of hydrogen-bond donors (Lipinski definition) is 4. The zero-order chi connectivity index (χ0) is 28.6. The minimum atomic E-state index is -1.23. The van der Waals surface area contributed by atoms with Gasteiger partial charge in [-0.1, -0.05) is 17.9 Å². The number of pyridine rings is 2. The van der Waals surface area contributed by atoms with Gasteiger partial charge in [0.2, 0.25) is 12.3 Å². The van der Waals surface area contributed by atoms with Gasteiger partial charge in [0.05, 0.1) is 24.4 Å². The number of ether oxygens (including phenoxy) is 1. The number of aliphatic hydroxyl groups excluding tert-OH is 1. The lowest BCUT2D eigenvalue weighted by molar-refractivity contribution is -0.136. The molecule has 2 aromatic heterocycles. The number of rotatable bonds is 11. The number of aliphatic hydroxyl groups is 2. The van der Waals surface area contributed by atoms with E-state index < -0.39 is 12.0 Å². The number of anilines is 3. The number of nitrogens with one attached hydrogen (secondary N) is 2. The molecule has 1 unspecified atom stereocenters. The average molecular weight is 540 g/mol. The second-order valence-corrected chi connectivity index (χ2v) is 9.86. The molecule has 1 fully saturated rings. The summed E-state index contributed by atoms with van der Waals surface area (Å²) in [4.78, 5) is 38.0. The number of carbonyl (C=O) groups excluding carboxylic acids is 2. The van der Waals surface area contributed by atoms with Crippen LogP contribution in [0.2, 0.25) is 0 Å². The molecule has 210 valence electrons. The molecule has 12 nitrogen and oxygen atoms in total. The van der Waals surface area contributed by atoms with Crippen molar-refractivity contribution in [2.45, 2.75) is 32.3 Å². The van der Waals surface area contributed by atoms with Crippen LogP contribution in [0, 0.1) is 11.8 Å². The first-order chi connectivity index (χ1) is 18.5. The highest BCUT2D eigenvalue weighted by Gasteiger charge is 2.23. The van der Waals surface area contributed by atoms with Crippen molar-refractivity contribution >= 4 is 29.5 Å². The number of aromatic nitrogens is 2. The van der Waals surface area contributed by atoms with Gasteiger partial charge < -0.3 is 35.4 Å². The van der Waals surface area contributed by atoms with Crippen LogP contribution in [0.3, 0.4) is 0 Å². The van der Waals surface area contributed by atoms with Crippen molar-refractivity contribution in [3.8, 4) is 11.8 Å². The summed E-state index contributed by atoms with van der Waals surface area (Å²) >= 11 is 0. The highest BCUT2D eigenvalue weighted by molar-refractivity contribution is 5.80. The van der Waals surface area contributed by atoms with E-state index in [-0.39, 0.29) is 11.6 Å². The quantitative estimate of drug-likeness (QED) is 0.138. The van der Waals surface area contributed by atoms with Crippen LogP contribution in [0.4, 0.5) is 17.3 Å². The normalized spacial score (nSPS) is 14.8. The van der Waals surface area contributed by atoms with Gasteiger partial charge in [0.25, 0.3) is 0 Å². The van der Waals surface area contributed by atoms with E-state index in [0.29, 0.717) is 67.5 Å². The molecular formula is C27H37N7O5. The summed E-state index contributed by atoms with van der Waals surface area (Å²) in [6, 6.07) is 5.13. The Morgan fingerprint density at radius 2 is 2.10 bits per heavy atom. The van der Waals surface area contributed by atoms with Crippen molar-refractivity contribution in [3.05, 3.63) is 41.2 Å². The maximum Gasteiger partial charge on any atom is 0.237 e. The van der Waals surface area contributed by atoms with Crippen LogP contribution in [0.25, 0.3) is 0 Å². The molecule has 1 aliphatic rings. The third kappa shape index (κ3) is 8.62. The predicted octanol–water partition coefficient (Wildman–Crippen LogP) is 0.568. The van der Waals surface area contributed by atoms with E-state index in [1.165, 1.54) is 4.90 Å².